The van der Waals surface area contributed by atoms with Crippen LogP contribution in [0.4, 0.5) is 5.69 Å². The minimum Gasteiger partial charge on any atom is -0.465 e. The summed E-state index contributed by atoms with van der Waals surface area (Å²) in [4.78, 5) is 13.7. The Balaban J connectivity index is 2.30. The van der Waals surface area contributed by atoms with Crippen molar-refractivity contribution in [3.8, 4) is 0 Å². The molecule has 1 N–H and O–H groups in total. The second kappa shape index (κ2) is 10.7. The molecule has 0 radical (unpaired) electrons. The molecule has 2 rings (SSSR count). The molecule has 2 aromatic rings. The number of carbonyl (C=O) groups excluding carboxylic acids is 1. The quantitative estimate of drug-likeness (QED) is 0.646. The third-order valence-electron chi connectivity index (χ3n) is 4.35. The number of aliphatic hydroxyl groups is 1. The fourth-order valence-electron chi connectivity index (χ4n) is 2.86. The topological polar surface area (TPSA) is 68.2 Å². The van der Waals surface area contributed by atoms with Gasteiger partial charge in [0.15, 0.2) is 0 Å². The number of carbonyl (C=O) groups is 1. The molecule has 0 saturated carbocycles. The maximum absolute atomic E-state index is 11.6. The van der Waals surface area contributed by atoms with E-state index in [9.17, 15) is 9.90 Å². The summed E-state index contributed by atoms with van der Waals surface area (Å²) in [7, 11) is 4.67. The SMILES string of the molecule is COCCN(CCOC)c1ccccc1C(O)c1ccc(C(=O)OC)cc1. The van der Waals surface area contributed by atoms with E-state index in [0.717, 1.165) is 11.3 Å². The number of rotatable bonds is 10. The predicted molar refractivity (Wildman–Crippen MR) is 104 cm³/mol. The summed E-state index contributed by atoms with van der Waals surface area (Å²) in [5.74, 6) is -0.401. The summed E-state index contributed by atoms with van der Waals surface area (Å²) >= 11 is 0. The molecule has 0 aliphatic carbocycles. The molecule has 0 aromatic heterocycles. The van der Waals surface area contributed by atoms with E-state index in [4.69, 9.17) is 14.2 Å². The molecule has 0 spiro atoms. The van der Waals surface area contributed by atoms with Crippen molar-refractivity contribution in [2.24, 2.45) is 0 Å². The average molecular weight is 373 g/mol. The summed E-state index contributed by atoms with van der Waals surface area (Å²) in [5.41, 5.74) is 2.86. The first kappa shape index (κ1) is 20.9. The molecule has 2 aromatic carbocycles. The van der Waals surface area contributed by atoms with Gasteiger partial charge in [-0.3, -0.25) is 0 Å². The van der Waals surface area contributed by atoms with Gasteiger partial charge in [-0.2, -0.15) is 0 Å². The molecular formula is C21H27NO5. The number of esters is 1. The number of hydrogen-bond donors (Lipinski definition) is 1. The van der Waals surface area contributed by atoms with Crippen molar-refractivity contribution in [1.29, 1.82) is 0 Å². The van der Waals surface area contributed by atoms with Crippen LogP contribution in [0, 0.1) is 0 Å². The Morgan fingerprint density at radius 1 is 0.963 bits per heavy atom. The zero-order valence-corrected chi connectivity index (χ0v) is 16.1. The highest BCUT2D eigenvalue weighted by Gasteiger charge is 2.19. The van der Waals surface area contributed by atoms with E-state index in [1.165, 1.54) is 7.11 Å². The number of benzene rings is 2. The Morgan fingerprint density at radius 3 is 2.11 bits per heavy atom. The molecule has 0 aliphatic heterocycles. The zero-order chi connectivity index (χ0) is 19.6. The van der Waals surface area contributed by atoms with Crippen molar-refractivity contribution in [3.63, 3.8) is 0 Å². The van der Waals surface area contributed by atoms with Crippen molar-refractivity contribution in [2.45, 2.75) is 6.10 Å². The molecule has 0 saturated heterocycles. The van der Waals surface area contributed by atoms with Gasteiger partial charge in [-0.1, -0.05) is 30.3 Å². The van der Waals surface area contributed by atoms with Gasteiger partial charge in [0.2, 0.25) is 0 Å². The molecule has 6 heteroatoms. The first-order valence-corrected chi connectivity index (χ1v) is 8.80. The molecule has 0 amide bonds. The van der Waals surface area contributed by atoms with E-state index in [1.54, 1.807) is 38.5 Å². The fraction of sp³-hybridized carbons (Fsp3) is 0.381. The molecular weight excluding hydrogens is 346 g/mol. The van der Waals surface area contributed by atoms with E-state index in [0.29, 0.717) is 37.4 Å². The lowest BCUT2D eigenvalue weighted by atomic mass is 9.98. The maximum Gasteiger partial charge on any atom is 0.337 e. The molecule has 0 aliphatic rings. The highest BCUT2D eigenvalue weighted by Crippen LogP contribution is 2.31. The third kappa shape index (κ3) is 5.53. The number of anilines is 1. The largest absolute Gasteiger partial charge is 0.465 e. The van der Waals surface area contributed by atoms with Gasteiger partial charge in [-0.25, -0.2) is 4.79 Å². The van der Waals surface area contributed by atoms with Crippen LogP contribution in [0.2, 0.25) is 0 Å². The van der Waals surface area contributed by atoms with Crippen LogP contribution in [-0.2, 0) is 14.2 Å². The van der Waals surface area contributed by atoms with Gasteiger partial charge in [0, 0.05) is 38.6 Å². The van der Waals surface area contributed by atoms with Crippen molar-refractivity contribution in [2.75, 3.05) is 52.5 Å². The van der Waals surface area contributed by atoms with Crippen molar-refractivity contribution >= 4 is 11.7 Å². The van der Waals surface area contributed by atoms with Crippen LogP contribution in [0.3, 0.4) is 0 Å². The monoisotopic (exact) mass is 373 g/mol. The van der Waals surface area contributed by atoms with Crippen LogP contribution >= 0.6 is 0 Å². The van der Waals surface area contributed by atoms with Crippen LogP contribution in [0.1, 0.15) is 27.6 Å². The number of nitrogens with zero attached hydrogens (tertiary/aromatic N) is 1. The standard InChI is InChI=1S/C21H27NO5/c1-25-14-12-22(13-15-26-2)19-7-5-4-6-18(19)20(23)16-8-10-17(11-9-16)21(24)27-3/h4-11,20,23H,12-15H2,1-3H3. The lowest BCUT2D eigenvalue weighted by molar-refractivity contribution is 0.0600. The molecule has 1 unspecified atom stereocenters. The van der Waals surface area contributed by atoms with Gasteiger partial charge in [-0.05, 0) is 23.8 Å². The van der Waals surface area contributed by atoms with Gasteiger partial charge < -0.3 is 24.2 Å². The maximum atomic E-state index is 11.6. The van der Waals surface area contributed by atoms with Gasteiger partial charge in [0.1, 0.15) is 6.10 Å². The van der Waals surface area contributed by atoms with Crippen LogP contribution in [0.15, 0.2) is 48.5 Å². The highest BCUT2D eigenvalue weighted by atomic mass is 16.5. The first-order chi connectivity index (χ1) is 13.1. The number of hydrogen-bond acceptors (Lipinski definition) is 6. The lowest BCUT2D eigenvalue weighted by Crippen LogP contribution is -2.31. The molecule has 27 heavy (non-hydrogen) atoms. The number of aliphatic hydroxyl groups excluding tert-OH is 1. The van der Waals surface area contributed by atoms with E-state index in [1.807, 2.05) is 24.3 Å². The number of ether oxygens (including phenoxy) is 3. The Kier molecular flexibility index (Phi) is 8.26. The van der Waals surface area contributed by atoms with Crippen molar-refractivity contribution in [1.82, 2.24) is 0 Å². The van der Waals surface area contributed by atoms with Crippen LogP contribution in [0.5, 0.6) is 0 Å². The predicted octanol–water partition coefficient (Wildman–Crippen LogP) is 2.65. The van der Waals surface area contributed by atoms with E-state index in [-0.39, 0.29) is 0 Å². The van der Waals surface area contributed by atoms with Crippen LogP contribution < -0.4 is 4.90 Å². The van der Waals surface area contributed by atoms with E-state index < -0.39 is 12.1 Å². The summed E-state index contributed by atoms with van der Waals surface area (Å²) in [6.07, 6.45) is -0.819. The number of methoxy groups -OCH3 is 3. The number of para-hydroxylation sites is 1. The van der Waals surface area contributed by atoms with Gasteiger partial charge >= 0.3 is 5.97 Å². The molecule has 146 valence electrons. The van der Waals surface area contributed by atoms with E-state index in [2.05, 4.69) is 4.90 Å². The summed E-state index contributed by atoms with van der Waals surface area (Å²) < 4.78 is 15.1. The molecule has 6 nitrogen and oxygen atoms in total. The minimum absolute atomic E-state index is 0.401. The normalized spacial score (nSPS) is 11.9. The fourth-order valence-corrected chi connectivity index (χ4v) is 2.86. The minimum atomic E-state index is -0.819. The molecule has 0 fully saturated rings. The first-order valence-electron chi connectivity index (χ1n) is 8.80. The van der Waals surface area contributed by atoms with Gasteiger partial charge in [-0.15, -0.1) is 0 Å². The van der Waals surface area contributed by atoms with E-state index >= 15 is 0 Å². The summed E-state index contributed by atoms with van der Waals surface area (Å²) in [5, 5.41) is 11.0. The van der Waals surface area contributed by atoms with Crippen molar-refractivity contribution < 1.29 is 24.1 Å². The average Bonchev–Trinajstić information content (AvgIpc) is 2.73. The second-order valence-electron chi connectivity index (χ2n) is 6.05. The Hall–Kier alpha value is -2.41. The Morgan fingerprint density at radius 2 is 1.56 bits per heavy atom. The molecule has 1 atom stereocenters. The van der Waals surface area contributed by atoms with Gasteiger partial charge in [0.25, 0.3) is 0 Å². The third-order valence-corrected chi connectivity index (χ3v) is 4.35. The Bertz CT molecular complexity index is 709. The molecule has 0 heterocycles. The lowest BCUT2D eigenvalue weighted by Gasteiger charge is -2.28. The Labute approximate surface area is 160 Å². The zero-order valence-electron chi connectivity index (χ0n) is 16.1. The summed E-state index contributed by atoms with van der Waals surface area (Å²) in [6, 6.07) is 14.5. The highest BCUT2D eigenvalue weighted by molar-refractivity contribution is 5.89. The van der Waals surface area contributed by atoms with Gasteiger partial charge in [0.05, 0.1) is 25.9 Å². The smallest absolute Gasteiger partial charge is 0.337 e. The summed E-state index contributed by atoms with van der Waals surface area (Å²) in [6.45, 7) is 2.51. The van der Waals surface area contributed by atoms with Crippen molar-refractivity contribution in [3.05, 3.63) is 65.2 Å². The van der Waals surface area contributed by atoms with Crippen LogP contribution in [-0.4, -0.2) is 58.7 Å². The van der Waals surface area contributed by atoms with Crippen LogP contribution in [0.25, 0.3) is 0 Å². The molecule has 0 bridgehead atoms. The second-order valence-corrected chi connectivity index (χ2v) is 6.05.